The van der Waals surface area contributed by atoms with Crippen LogP contribution in [0, 0.1) is 0 Å². The number of rotatable bonds is 9. The van der Waals surface area contributed by atoms with Crippen LogP contribution in [0.5, 0.6) is 5.75 Å². The van der Waals surface area contributed by atoms with E-state index in [0.717, 1.165) is 0 Å². The molecule has 1 atom stereocenters. The molecule has 0 aliphatic heterocycles. The predicted octanol–water partition coefficient (Wildman–Crippen LogP) is 4.70. The van der Waals surface area contributed by atoms with Gasteiger partial charge in [-0.05, 0) is 17.7 Å². The zero-order valence-corrected chi connectivity index (χ0v) is 15.3. The fourth-order valence-corrected chi connectivity index (χ4v) is 2.45. The number of carbonyl (C=O) groups is 1. The minimum absolute atomic E-state index is 0.0443. The van der Waals surface area contributed by atoms with Gasteiger partial charge in [-0.1, -0.05) is 47.6 Å². The highest BCUT2D eigenvalue weighted by molar-refractivity contribution is 5.85. The van der Waals surface area contributed by atoms with Crippen LogP contribution in [-0.4, -0.2) is 22.6 Å². The summed E-state index contributed by atoms with van der Waals surface area (Å²) in [7, 11) is 0. The highest BCUT2D eigenvalue weighted by atomic mass is 19.4. The Morgan fingerprint density at radius 1 is 1.03 bits per heavy atom. The number of aromatic nitrogens is 1. The Balaban J connectivity index is 1.63. The number of carboxylic acid groups (broad SMARTS) is 1. The molecule has 0 fully saturated rings. The van der Waals surface area contributed by atoms with Crippen molar-refractivity contribution in [1.29, 1.82) is 0 Å². The first-order valence-electron chi connectivity index (χ1n) is 8.62. The van der Waals surface area contributed by atoms with Gasteiger partial charge in [-0.2, -0.15) is 0 Å². The topological polar surface area (TPSA) is 91.0 Å². The second-order valence-corrected chi connectivity index (χ2v) is 6.04. The van der Waals surface area contributed by atoms with Gasteiger partial charge in [-0.25, -0.2) is 4.79 Å². The number of nitrogens with zero attached hydrogens (tertiary/aromatic N) is 1. The third-order valence-corrected chi connectivity index (χ3v) is 3.79. The lowest BCUT2D eigenvalue weighted by molar-refractivity contribution is -0.274. The van der Waals surface area contributed by atoms with Gasteiger partial charge in [-0.3, -0.25) is 0 Å². The zero-order valence-electron chi connectivity index (χ0n) is 15.3. The number of hydrogen-bond acceptors (Lipinski definition) is 6. The Labute approximate surface area is 168 Å². The molecule has 3 rings (SSSR count). The van der Waals surface area contributed by atoms with E-state index in [1.807, 2.05) is 6.07 Å². The molecule has 3 aromatic rings. The first-order chi connectivity index (χ1) is 14.3. The van der Waals surface area contributed by atoms with E-state index in [9.17, 15) is 18.0 Å². The average molecular weight is 423 g/mol. The Bertz CT molecular complexity index is 957. The van der Waals surface area contributed by atoms with E-state index in [4.69, 9.17) is 19.1 Å². The molecule has 0 spiro atoms. The van der Waals surface area contributed by atoms with E-state index in [-0.39, 0.29) is 30.4 Å². The van der Waals surface area contributed by atoms with E-state index >= 15 is 0 Å². The molecule has 0 saturated heterocycles. The van der Waals surface area contributed by atoms with Crippen LogP contribution in [0.15, 0.2) is 65.2 Å². The molecule has 10 heteroatoms. The molecule has 1 unspecified atom stereocenters. The number of carboxylic acids is 1. The van der Waals surface area contributed by atoms with Crippen molar-refractivity contribution in [2.24, 2.45) is 0 Å². The number of halogens is 3. The number of benzene rings is 2. The fourth-order valence-electron chi connectivity index (χ4n) is 2.45. The van der Waals surface area contributed by atoms with E-state index in [1.165, 1.54) is 30.3 Å². The minimum Gasteiger partial charge on any atom is -0.476 e. The van der Waals surface area contributed by atoms with Gasteiger partial charge < -0.3 is 23.8 Å². The van der Waals surface area contributed by atoms with Crippen molar-refractivity contribution in [1.82, 2.24) is 5.16 Å². The normalized spacial score (nSPS) is 12.5. The van der Waals surface area contributed by atoms with Gasteiger partial charge in [0.2, 0.25) is 0 Å². The third kappa shape index (κ3) is 6.33. The van der Waals surface area contributed by atoms with E-state index in [1.54, 1.807) is 24.3 Å². The van der Waals surface area contributed by atoms with Crippen LogP contribution in [-0.2, 0) is 22.7 Å². The van der Waals surface area contributed by atoms with Crippen LogP contribution in [0.1, 0.15) is 33.7 Å². The Morgan fingerprint density at radius 3 is 2.30 bits per heavy atom. The summed E-state index contributed by atoms with van der Waals surface area (Å²) < 4.78 is 56.9. The second-order valence-electron chi connectivity index (χ2n) is 6.04. The van der Waals surface area contributed by atoms with Crippen LogP contribution in [0.3, 0.4) is 0 Å². The summed E-state index contributed by atoms with van der Waals surface area (Å²) in [4.78, 5) is 10.9. The van der Waals surface area contributed by atoms with Crippen molar-refractivity contribution in [2.75, 3.05) is 0 Å². The summed E-state index contributed by atoms with van der Waals surface area (Å²) in [5.74, 6) is -1.36. The van der Waals surface area contributed by atoms with Crippen molar-refractivity contribution >= 4 is 5.97 Å². The molecular formula is C20H16F3NO6. The summed E-state index contributed by atoms with van der Waals surface area (Å²) in [5, 5.41) is 12.3. The first kappa shape index (κ1) is 21.3. The molecule has 0 radical (unpaired) electrons. The molecular weight excluding hydrogens is 407 g/mol. The highest BCUT2D eigenvalue weighted by Gasteiger charge is 2.31. The van der Waals surface area contributed by atoms with Gasteiger partial charge in [0, 0.05) is 11.6 Å². The summed E-state index contributed by atoms with van der Waals surface area (Å²) in [5.41, 5.74) is 1.04. The van der Waals surface area contributed by atoms with Crippen molar-refractivity contribution < 1.29 is 41.8 Å². The predicted molar refractivity (Wildman–Crippen MR) is 95.3 cm³/mol. The van der Waals surface area contributed by atoms with Crippen LogP contribution in [0.4, 0.5) is 13.2 Å². The average Bonchev–Trinajstić information content (AvgIpc) is 3.18. The Hall–Kier alpha value is -3.37. The van der Waals surface area contributed by atoms with Gasteiger partial charge in [0.25, 0.3) is 0 Å². The van der Waals surface area contributed by atoms with Gasteiger partial charge >= 0.3 is 12.3 Å². The fraction of sp³-hybridized carbons (Fsp3) is 0.200. The van der Waals surface area contributed by atoms with Crippen molar-refractivity contribution in [3.05, 3.63) is 83.2 Å². The van der Waals surface area contributed by atoms with Crippen molar-refractivity contribution in [2.45, 2.75) is 25.9 Å². The standard InChI is InChI=1S/C20H16F3NO6/c21-20(22,23)29-15-8-6-13(7-9-15)11-27-19(14-4-2-1-3-5-14)28-12-16-10-17(18(25)26)24-30-16/h1-10,19H,11-12H2,(H,25,26). The lowest BCUT2D eigenvalue weighted by atomic mass is 10.2. The SMILES string of the molecule is O=C(O)c1cc(COC(OCc2ccc(OC(F)(F)F)cc2)c2ccccc2)on1. The maximum absolute atomic E-state index is 12.2. The van der Waals surface area contributed by atoms with Crippen LogP contribution >= 0.6 is 0 Å². The molecule has 158 valence electrons. The maximum atomic E-state index is 12.2. The lowest BCUT2D eigenvalue weighted by Gasteiger charge is -2.18. The molecule has 1 heterocycles. The third-order valence-electron chi connectivity index (χ3n) is 3.79. The number of aromatic carboxylic acids is 1. The summed E-state index contributed by atoms with van der Waals surface area (Å²) in [6.07, 6.45) is -5.60. The molecule has 1 N–H and O–H groups in total. The number of alkyl halides is 3. The van der Waals surface area contributed by atoms with E-state index < -0.39 is 18.6 Å². The molecule has 0 saturated carbocycles. The molecule has 0 aliphatic rings. The largest absolute Gasteiger partial charge is 0.573 e. The van der Waals surface area contributed by atoms with Gasteiger partial charge in [0.1, 0.15) is 12.4 Å². The van der Waals surface area contributed by atoms with Gasteiger partial charge in [-0.15, -0.1) is 13.2 Å². The minimum atomic E-state index is -4.76. The van der Waals surface area contributed by atoms with Crippen LogP contribution in [0.25, 0.3) is 0 Å². The first-order valence-corrected chi connectivity index (χ1v) is 8.62. The van der Waals surface area contributed by atoms with Crippen LogP contribution in [0.2, 0.25) is 0 Å². The smallest absolute Gasteiger partial charge is 0.476 e. The maximum Gasteiger partial charge on any atom is 0.573 e. The summed E-state index contributed by atoms with van der Waals surface area (Å²) in [6, 6.07) is 15.4. The van der Waals surface area contributed by atoms with E-state index in [2.05, 4.69) is 9.89 Å². The molecule has 0 bridgehead atoms. The van der Waals surface area contributed by atoms with E-state index in [0.29, 0.717) is 11.1 Å². The molecule has 30 heavy (non-hydrogen) atoms. The summed E-state index contributed by atoms with van der Waals surface area (Å²) in [6.45, 7) is -0.0547. The lowest BCUT2D eigenvalue weighted by Crippen LogP contribution is -2.17. The second kappa shape index (κ2) is 9.42. The van der Waals surface area contributed by atoms with Crippen molar-refractivity contribution in [3.8, 4) is 5.75 Å². The molecule has 0 amide bonds. The molecule has 2 aromatic carbocycles. The molecule has 1 aromatic heterocycles. The molecule has 0 aliphatic carbocycles. The number of hydrogen-bond donors (Lipinski definition) is 1. The Morgan fingerprint density at radius 2 is 1.70 bits per heavy atom. The quantitative estimate of drug-likeness (QED) is 0.499. The van der Waals surface area contributed by atoms with Crippen molar-refractivity contribution in [3.63, 3.8) is 0 Å². The monoisotopic (exact) mass is 423 g/mol. The Kier molecular flexibility index (Phi) is 6.70. The van der Waals surface area contributed by atoms with Crippen LogP contribution < -0.4 is 4.74 Å². The summed E-state index contributed by atoms with van der Waals surface area (Å²) >= 11 is 0. The highest BCUT2D eigenvalue weighted by Crippen LogP contribution is 2.25. The number of ether oxygens (including phenoxy) is 3. The van der Waals surface area contributed by atoms with Gasteiger partial charge in [0.05, 0.1) is 6.61 Å². The molecule has 7 nitrogen and oxygen atoms in total. The zero-order chi connectivity index (χ0) is 21.6. The van der Waals surface area contributed by atoms with Gasteiger partial charge in [0.15, 0.2) is 17.7 Å².